The Morgan fingerprint density at radius 2 is 1.85 bits per heavy atom. The first-order valence-corrected chi connectivity index (χ1v) is 10.5. The van der Waals surface area contributed by atoms with Gasteiger partial charge in [-0.05, 0) is 42.2 Å². The van der Waals surface area contributed by atoms with Crippen LogP contribution in [0.15, 0.2) is 52.9 Å². The zero-order valence-electron chi connectivity index (χ0n) is 15.5. The van der Waals surface area contributed by atoms with Crippen LogP contribution in [0.3, 0.4) is 0 Å². The maximum Gasteiger partial charge on any atom is 0.234 e. The van der Waals surface area contributed by atoms with E-state index in [2.05, 4.69) is 34.7 Å². The fraction of sp³-hybridized carbons (Fsp3) is 0.250. The topological polar surface area (TPSA) is 66.9 Å². The predicted molar refractivity (Wildman–Crippen MR) is 114 cm³/mol. The molecule has 0 aliphatic heterocycles. The first kappa shape index (κ1) is 19.4. The van der Waals surface area contributed by atoms with Crippen molar-refractivity contribution in [2.75, 3.05) is 16.4 Å². The lowest BCUT2D eigenvalue weighted by Crippen LogP contribution is -2.13. The molecule has 1 aromatic heterocycles. The van der Waals surface area contributed by atoms with Gasteiger partial charge in [-0.2, -0.15) is 0 Å². The summed E-state index contributed by atoms with van der Waals surface area (Å²) in [7, 11) is 0. The summed E-state index contributed by atoms with van der Waals surface area (Å²) < 4.78 is 0.761. The second-order valence-corrected chi connectivity index (χ2v) is 8.63. The fourth-order valence-electron chi connectivity index (χ4n) is 2.42. The number of amides is 1. The molecule has 0 radical (unpaired) electrons. The average Bonchev–Trinajstić information content (AvgIpc) is 3.10. The maximum atomic E-state index is 12.2. The van der Waals surface area contributed by atoms with Crippen LogP contribution < -0.4 is 10.6 Å². The van der Waals surface area contributed by atoms with Crippen molar-refractivity contribution >= 4 is 45.5 Å². The number of hydrogen-bond acceptors (Lipinski definition) is 6. The summed E-state index contributed by atoms with van der Waals surface area (Å²) in [6, 6.07) is 16.0. The largest absolute Gasteiger partial charge is 0.330 e. The number of hydrogen-bond donors (Lipinski definition) is 2. The van der Waals surface area contributed by atoms with Gasteiger partial charge in [0.15, 0.2) is 4.34 Å². The van der Waals surface area contributed by atoms with Gasteiger partial charge < -0.3 is 10.6 Å². The van der Waals surface area contributed by atoms with Crippen molar-refractivity contribution in [2.45, 2.75) is 31.0 Å². The molecule has 0 saturated carbocycles. The van der Waals surface area contributed by atoms with Gasteiger partial charge in [-0.1, -0.05) is 67.3 Å². The molecule has 0 bridgehead atoms. The average molecular weight is 399 g/mol. The second kappa shape index (κ2) is 9.01. The van der Waals surface area contributed by atoms with Crippen LogP contribution in [0, 0.1) is 6.92 Å². The lowest BCUT2D eigenvalue weighted by molar-refractivity contribution is -0.113. The summed E-state index contributed by atoms with van der Waals surface area (Å²) in [6.45, 7) is 6.33. The van der Waals surface area contributed by atoms with Crippen LogP contribution in [-0.2, 0) is 4.79 Å². The van der Waals surface area contributed by atoms with Gasteiger partial charge in [-0.3, -0.25) is 4.79 Å². The minimum atomic E-state index is -0.0547. The predicted octanol–water partition coefficient (Wildman–Crippen LogP) is 5.44. The molecule has 3 aromatic rings. The zero-order valence-corrected chi connectivity index (χ0v) is 17.2. The molecule has 3 rings (SSSR count). The van der Waals surface area contributed by atoms with Crippen LogP contribution in [0.4, 0.5) is 16.5 Å². The molecule has 1 amide bonds. The Hall–Kier alpha value is -2.38. The molecule has 0 saturated heterocycles. The molecular weight excluding hydrogens is 376 g/mol. The van der Waals surface area contributed by atoms with Gasteiger partial charge in [0, 0.05) is 11.4 Å². The third kappa shape index (κ3) is 5.55. The van der Waals surface area contributed by atoms with E-state index in [9.17, 15) is 4.79 Å². The van der Waals surface area contributed by atoms with Crippen LogP contribution >= 0.6 is 23.1 Å². The van der Waals surface area contributed by atoms with Gasteiger partial charge in [-0.15, -0.1) is 10.2 Å². The lowest BCUT2D eigenvalue weighted by atomic mass is 10.0. The Morgan fingerprint density at radius 1 is 1.11 bits per heavy atom. The highest BCUT2D eigenvalue weighted by Gasteiger charge is 2.10. The third-order valence-corrected chi connectivity index (χ3v) is 5.95. The molecule has 0 spiro atoms. The quantitative estimate of drug-likeness (QED) is 0.518. The van der Waals surface area contributed by atoms with Crippen LogP contribution in [0.1, 0.15) is 30.9 Å². The number of carbonyl (C=O) groups excluding carboxylic acids is 1. The van der Waals surface area contributed by atoms with Gasteiger partial charge in [-0.25, -0.2) is 0 Å². The Kier molecular flexibility index (Phi) is 6.47. The van der Waals surface area contributed by atoms with Crippen molar-refractivity contribution in [1.29, 1.82) is 0 Å². The van der Waals surface area contributed by atoms with Crippen LogP contribution in [0.2, 0.25) is 0 Å². The highest BCUT2D eigenvalue weighted by atomic mass is 32.2. The molecule has 2 N–H and O–H groups in total. The number of benzene rings is 2. The van der Waals surface area contributed by atoms with Crippen LogP contribution in [0.25, 0.3) is 0 Å². The fourth-order valence-corrected chi connectivity index (χ4v) is 3.99. The number of aromatic nitrogens is 2. The third-order valence-electron chi connectivity index (χ3n) is 3.98. The smallest absolute Gasteiger partial charge is 0.234 e. The van der Waals surface area contributed by atoms with E-state index < -0.39 is 0 Å². The van der Waals surface area contributed by atoms with Gasteiger partial charge in [0.25, 0.3) is 0 Å². The Balaban J connectivity index is 1.50. The van der Waals surface area contributed by atoms with Gasteiger partial charge >= 0.3 is 0 Å². The summed E-state index contributed by atoms with van der Waals surface area (Å²) in [6.07, 6.45) is 0. The van der Waals surface area contributed by atoms with E-state index in [-0.39, 0.29) is 5.91 Å². The molecule has 0 atom stereocenters. The summed E-state index contributed by atoms with van der Waals surface area (Å²) in [5, 5.41) is 15.2. The van der Waals surface area contributed by atoms with E-state index in [1.165, 1.54) is 28.7 Å². The Bertz CT molecular complexity index is 906. The first-order valence-electron chi connectivity index (χ1n) is 8.70. The molecule has 0 unspecified atom stereocenters. The number of nitrogens with zero attached hydrogens (tertiary/aromatic N) is 2. The number of carbonyl (C=O) groups is 1. The number of para-hydroxylation sites is 1. The van der Waals surface area contributed by atoms with E-state index in [0.717, 1.165) is 26.4 Å². The van der Waals surface area contributed by atoms with E-state index >= 15 is 0 Å². The number of nitrogens with one attached hydrogen (secondary N) is 2. The normalized spacial score (nSPS) is 10.8. The van der Waals surface area contributed by atoms with Gasteiger partial charge in [0.2, 0.25) is 11.0 Å². The Morgan fingerprint density at radius 3 is 2.56 bits per heavy atom. The summed E-state index contributed by atoms with van der Waals surface area (Å²) >= 11 is 2.82. The molecule has 1 heterocycles. The summed E-state index contributed by atoms with van der Waals surface area (Å²) in [5.74, 6) is 0.719. The molecule has 0 aliphatic rings. The van der Waals surface area contributed by atoms with Gasteiger partial charge in [0.05, 0.1) is 5.75 Å². The molecular formula is C20H22N4OS2. The number of aryl methyl sites for hydroxylation is 1. The van der Waals surface area contributed by atoms with Crippen molar-refractivity contribution in [3.63, 3.8) is 0 Å². The van der Waals surface area contributed by atoms with Crippen molar-refractivity contribution in [1.82, 2.24) is 10.2 Å². The number of rotatable bonds is 7. The molecule has 140 valence electrons. The molecule has 0 aliphatic carbocycles. The molecule has 0 fully saturated rings. The van der Waals surface area contributed by atoms with Gasteiger partial charge in [0.1, 0.15) is 0 Å². The SMILES string of the molecule is Cc1ccccc1Nc1nnc(SCC(=O)Nc2ccc(C(C)C)cc2)s1. The minimum absolute atomic E-state index is 0.0547. The first-order chi connectivity index (χ1) is 13.0. The van der Waals surface area contributed by atoms with E-state index in [4.69, 9.17) is 0 Å². The zero-order chi connectivity index (χ0) is 19.2. The standard InChI is InChI=1S/C20H22N4OS2/c1-13(2)15-8-10-16(11-9-15)21-18(25)12-26-20-24-23-19(27-20)22-17-7-5-4-6-14(17)3/h4-11,13H,12H2,1-3H3,(H,21,25)(H,22,23). The number of anilines is 3. The molecule has 2 aromatic carbocycles. The molecule has 7 heteroatoms. The second-order valence-electron chi connectivity index (χ2n) is 6.43. The monoisotopic (exact) mass is 398 g/mol. The summed E-state index contributed by atoms with van der Waals surface area (Å²) in [4.78, 5) is 12.2. The van der Waals surface area contributed by atoms with E-state index in [1.807, 2.05) is 55.5 Å². The van der Waals surface area contributed by atoms with Crippen molar-refractivity contribution in [3.05, 3.63) is 59.7 Å². The van der Waals surface area contributed by atoms with Crippen molar-refractivity contribution in [3.8, 4) is 0 Å². The molecule has 27 heavy (non-hydrogen) atoms. The summed E-state index contributed by atoms with van der Waals surface area (Å²) in [5.41, 5.74) is 4.21. The minimum Gasteiger partial charge on any atom is -0.330 e. The van der Waals surface area contributed by atoms with Crippen molar-refractivity contribution in [2.24, 2.45) is 0 Å². The number of thioether (sulfide) groups is 1. The van der Waals surface area contributed by atoms with E-state index in [0.29, 0.717) is 11.7 Å². The van der Waals surface area contributed by atoms with Crippen LogP contribution in [-0.4, -0.2) is 21.9 Å². The van der Waals surface area contributed by atoms with Crippen LogP contribution in [0.5, 0.6) is 0 Å². The highest BCUT2D eigenvalue weighted by molar-refractivity contribution is 8.01. The Labute approximate surface area is 167 Å². The maximum absolute atomic E-state index is 12.2. The van der Waals surface area contributed by atoms with Crippen molar-refractivity contribution < 1.29 is 4.79 Å². The highest BCUT2D eigenvalue weighted by Crippen LogP contribution is 2.28. The van der Waals surface area contributed by atoms with E-state index in [1.54, 1.807) is 0 Å². The molecule has 5 nitrogen and oxygen atoms in total. The lowest BCUT2D eigenvalue weighted by Gasteiger charge is -2.08.